The molecule has 2 rings (SSSR count). The average molecular weight is 266 g/mol. The lowest BCUT2D eigenvalue weighted by atomic mass is 10.2. The van der Waals surface area contributed by atoms with E-state index in [1.54, 1.807) is 0 Å². The molecule has 1 aromatic carbocycles. The molecule has 0 aliphatic rings. The highest BCUT2D eigenvalue weighted by molar-refractivity contribution is 5.85. The maximum absolute atomic E-state index is 13.6. The minimum atomic E-state index is -1.53. The third kappa shape index (κ3) is 2.35. The predicted octanol–water partition coefficient (Wildman–Crippen LogP) is 1.52. The molecular formula is C12H8F2N2O3. The molecule has 0 aliphatic carbocycles. The number of carboxylic acids is 1. The third-order valence-corrected chi connectivity index (χ3v) is 2.45. The van der Waals surface area contributed by atoms with Gasteiger partial charge in [0, 0.05) is 17.8 Å². The molecule has 0 saturated heterocycles. The average Bonchev–Trinajstić information content (AvgIpc) is 2.35. The van der Waals surface area contributed by atoms with E-state index in [0.29, 0.717) is 0 Å². The number of aromatic carboxylic acids is 1. The van der Waals surface area contributed by atoms with Crippen LogP contribution in [-0.2, 0) is 0 Å². The Morgan fingerprint density at radius 2 is 2.05 bits per heavy atom. The fraction of sp³-hybridized carbons (Fsp3) is 0.0833. The maximum atomic E-state index is 13.6. The zero-order valence-electron chi connectivity index (χ0n) is 9.72. The van der Waals surface area contributed by atoms with Gasteiger partial charge in [0.15, 0.2) is 0 Å². The first-order valence-electron chi connectivity index (χ1n) is 5.19. The summed E-state index contributed by atoms with van der Waals surface area (Å²) in [6.07, 6.45) is 1.15. The van der Waals surface area contributed by atoms with Gasteiger partial charge in [-0.25, -0.2) is 18.3 Å². The van der Waals surface area contributed by atoms with Crippen LogP contribution < -0.4 is 5.43 Å². The highest BCUT2D eigenvalue weighted by Crippen LogP contribution is 2.14. The van der Waals surface area contributed by atoms with Gasteiger partial charge in [-0.1, -0.05) is 0 Å². The van der Waals surface area contributed by atoms with Crippen LogP contribution in [0.25, 0.3) is 5.69 Å². The Morgan fingerprint density at radius 1 is 1.37 bits per heavy atom. The molecule has 0 fully saturated rings. The Morgan fingerprint density at radius 3 is 2.68 bits per heavy atom. The SMILES string of the molecule is Cc1cn(-c2cc(F)ccc2F)nc(C(=O)O)c1=O. The highest BCUT2D eigenvalue weighted by atomic mass is 19.1. The Bertz CT molecular complexity index is 725. The smallest absolute Gasteiger partial charge is 0.360 e. The summed E-state index contributed by atoms with van der Waals surface area (Å²) in [5, 5.41) is 12.3. The molecule has 1 aromatic heterocycles. The summed E-state index contributed by atoms with van der Waals surface area (Å²) in [4.78, 5) is 22.4. The van der Waals surface area contributed by atoms with E-state index in [1.165, 1.54) is 6.92 Å². The van der Waals surface area contributed by atoms with E-state index in [1.807, 2.05) is 0 Å². The van der Waals surface area contributed by atoms with Gasteiger partial charge >= 0.3 is 5.97 Å². The Hall–Kier alpha value is -2.57. The minimum Gasteiger partial charge on any atom is -0.476 e. The lowest BCUT2D eigenvalue weighted by molar-refractivity contribution is 0.0686. The van der Waals surface area contributed by atoms with E-state index in [0.717, 1.165) is 29.1 Å². The van der Waals surface area contributed by atoms with Gasteiger partial charge in [0.2, 0.25) is 11.1 Å². The molecule has 0 unspecified atom stereocenters. The molecule has 98 valence electrons. The molecule has 0 bridgehead atoms. The van der Waals surface area contributed by atoms with Crippen LogP contribution in [-0.4, -0.2) is 20.9 Å². The Kier molecular flexibility index (Phi) is 3.12. The van der Waals surface area contributed by atoms with Gasteiger partial charge in [0.05, 0.1) is 0 Å². The predicted molar refractivity (Wildman–Crippen MR) is 61.4 cm³/mol. The largest absolute Gasteiger partial charge is 0.476 e. The molecule has 0 atom stereocenters. The van der Waals surface area contributed by atoms with Crippen molar-refractivity contribution in [3.8, 4) is 5.69 Å². The number of hydrogen-bond acceptors (Lipinski definition) is 3. The third-order valence-electron chi connectivity index (χ3n) is 2.45. The number of halogens is 2. The Balaban J connectivity index is 2.73. The van der Waals surface area contributed by atoms with Gasteiger partial charge in [0.1, 0.15) is 17.3 Å². The number of carboxylic acid groups (broad SMARTS) is 1. The second-order valence-electron chi connectivity index (χ2n) is 3.84. The molecule has 0 spiro atoms. The van der Waals surface area contributed by atoms with Gasteiger partial charge in [0.25, 0.3) is 0 Å². The lowest BCUT2D eigenvalue weighted by Gasteiger charge is -2.08. The summed E-state index contributed by atoms with van der Waals surface area (Å²) in [6.45, 7) is 1.37. The van der Waals surface area contributed by atoms with Crippen molar-refractivity contribution in [1.29, 1.82) is 0 Å². The number of aromatic nitrogens is 2. The zero-order valence-corrected chi connectivity index (χ0v) is 9.72. The van der Waals surface area contributed by atoms with E-state index in [-0.39, 0.29) is 11.3 Å². The summed E-state index contributed by atoms with van der Waals surface area (Å²) in [5.74, 6) is -3.01. The van der Waals surface area contributed by atoms with Gasteiger partial charge in [-0.3, -0.25) is 4.79 Å². The van der Waals surface area contributed by atoms with Crippen LogP contribution in [0.15, 0.2) is 29.2 Å². The molecule has 19 heavy (non-hydrogen) atoms. The first kappa shape index (κ1) is 12.9. The molecule has 0 saturated carbocycles. The number of rotatable bonds is 2. The zero-order chi connectivity index (χ0) is 14.2. The minimum absolute atomic E-state index is 0.0658. The second kappa shape index (κ2) is 4.60. The van der Waals surface area contributed by atoms with Crippen molar-refractivity contribution in [2.45, 2.75) is 6.92 Å². The van der Waals surface area contributed by atoms with Crippen molar-refractivity contribution in [3.63, 3.8) is 0 Å². The van der Waals surface area contributed by atoms with E-state index >= 15 is 0 Å². The van der Waals surface area contributed by atoms with Crippen molar-refractivity contribution in [2.75, 3.05) is 0 Å². The fourth-order valence-electron chi connectivity index (χ4n) is 1.54. The van der Waals surface area contributed by atoms with Crippen molar-refractivity contribution in [1.82, 2.24) is 9.78 Å². The van der Waals surface area contributed by atoms with Crippen molar-refractivity contribution < 1.29 is 18.7 Å². The first-order valence-corrected chi connectivity index (χ1v) is 5.19. The van der Waals surface area contributed by atoms with Crippen LogP contribution in [0.5, 0.6) is 0 Å². The summed E-state index contributed by atoms with van der Waals surface area (Å²) >= 11 is 0. The van der Waals surface area contributed by atoms with Crippen LogP contribution in [0.1, 0.15) is 16.1 Å². The quantitative estimate of drug-likeness (QED) is 0.894. The maximum Gasteiger partial charge on any atom is 0.360 e. The molecular weight excluding hydrogens is 258 g/mol. The molecule has 7 heteroatoms. The van der Waals surface area contributed by atoms with Crippen molar-refractivity contribution in [2.24, 2.45) is 0 Å². The Labute approximate surface area is 105 Å². The number of benzene rings is 1. The summed E-state index contributed by atoms with van der Waals surface area (Å²) < 4.78 is 27.5. The summed E-state index contributed by atoms with van der Waals surface area (Å²) in [6, 6.07) is 2.67. The molecule has 0 radical (unpaired) electrons. The van der Waals surface area contributed by atoms with Crippen molar-refractivity contribution >= 4 is 5.97 Å². The number of carbonyl (C=O) groups is 1. The van der Waals surface area contributed by atoms with Crippen LogP contribution in [0, 0.1) is 18.6 Å². The standard InChI is InChI=1S/C12H8F2N2O3/c1-6-5-16(15-10(11(6)17)12(18)19)9-4-7(13)2-3-8(9)14/h2-5H,1H3,(H,18,19). The highest BCUT2D eigenvalue weighted by Gasteiger charge is 2.16. The lowest BCUT2D eigenvalue weighted by Crippen LogP contribution is -2.23. The van der Waals surface area contributed by atoms with Gasteiger partial charge < -0.3 is 5.11 Å². The van der Waals surface area contributed by atoms with Crippen LogP contribution in [0.4, 0.5) is 8.78 Å². The van der Waals surface area contributed by atoms with Crippen LogP contribution >= 0.6 is 0 Å². The van der Waals surface area contributed by atoms with Gasteiger partial charge in [-0.2, -0.15) is 5.10 Å². The van der Waals surface area contributed by atoms with Gasteiger partial charge in [-0.15, -0.1) is 0 Å². The number of aryl methyl sites for hydroxylation is 1. The molecule has 0 amide bonds. The number of hydrogen-bond donors (Lipinski definition) is 1. The van der Waals surface area contributed by atoms with E-state index in [4.69, 9.17) is 5.11 Å². The van der Waals surface area contributed by atoms with Gasteiger partial charge in [-0.05, 0) is 19.1 Å². The monoisotopic (exact) mass is 266 g/mol. The second-order valence-corrected chi connectivity index (χ2v) is 3.84. The van der Waals surface area contributed by atoms with Crippen LogP contribution in [0.3, 0.4) is 0 Å². The molecule has 2 aromatic rings. The normalized spacial score (nSPS) is 10.5. The van der Waals surface area contributed by atoms with E-state index in [9.17, 15) is 18.4 Å². The fourth-order valence-corrected chi connectivity index (χ4v) is 1.54. The van der Waals surface area contributed by atoms with Crippen molar-refractivity contribution in [3.05, 3.63) is 57.5 Å². The number of nitrogens with zero attached hydrogens (tertiary/aromatic N) is 2. The summed E-state index contributed by atoms with van der Waals surface area (Å²) in [5.41, 5.74) is -1.72. The molecule has 1 heterocycles. The molecule has 1 N–H and O–H groups in total. The summed E-state index contributed by atoms with van der Waals surface area (Å²) in [7, 11) is 0. The van der Waals surface area contributed by atoms with E-state index in [2.05, 4.69) is 5.10 Å². The van der Waals surface area contributed by atoms with E-state index < -0.39 is 28.7 Å². The van der Waals surface area contributed by atoms with Crippen LogP contribution in [0.2, 0.25) is 0 Å². The first-order chi connectivity index (χ1) is 8.90. The molecule has 5 nitrogen and oxygen atoms in total. The molecule has 0 aliphatic heterocycles. The topological polar surface area (TPSA) is 72.2 Å².